The van der Waals surface area contributed by atoms with E-state index in [1.165, 1.54) is 27.1 Å². The molecule has 4 nitrogen and oxygen atoms in total. The molecule has 0 aromatic rings. The van der Waals surface area contributed by atoms with Gasteiger partial charge in [-0.25, -0.2) is 9.69 Å². The molecule has 0 saturated carbocycles. The molecule has 2 amide bonds. The summed E-state index contributed by atoms with van der Waals surface area (Å²) in [6.07, 6.45) is 4.09. The van der Waals surface area contributed by atoms with E-state index in [0.717, 1.165) is 12.8 Å². The molecule has 6 heteroatoms. The second-order valence-electron chi connectivity index (χ2n) is 4.23. The Balaban J connectivity index is 1.72. The Morgan fingerprint density at radius 3 is 2.72 bits per heavy atom. The van der Waals surface area contributed by atoms with Crippen LogP contribution in [0.1, 0.15) is 26.2 Å². The number of nitrogens with zero attached hydrogens (tertiary/aromatic N) is 1. The van der Waals surface area contributed by atoms with Crippen molar-refractivity contribution in [1.29, 1.82) is 0 Å². The minimum absolute atomic E-state index is 0.214. The molecule has 0 aliphatic carbocycles. The maximum absolute atomic E-state index is 11.6. The number of imide groups is 1. The van der Waals surface area contributed by atoms with Crippen molar-refractivity contribution >= 4 is 35.5 Å². The number of carbonyl (C=O) groups is 2. The zero-order chi connectivity index (χ0) is 13.0. The van der Waals surface area contributed by atoms with Crippen molar-refractivity contribution in [1.82, 2.24) is 4.90 Å². The fourth-order valence-electron chi connectivity index (χ4n) is 1.81. The molecule has 0 radical (unpaired) electrons. The van der Waals surface area contributed by atoms with Crippen molar-refractivity contribution in [3.05, 3.63) is 10.3 Å². The van der Waals surface area contributed by atoms with Gasteiger partial charge in [0.15, 0.2) is 6.10 Å². The monoisotopic (exact) mass is 287 g/mol. The van der Waals surface area contributed by atoms with Gasteiger partial charge in [-0.1, -0.05) is 6.08 Å². The number of rotatable bonds is 4. The molecule has 0 aromatic heterocycles. The van der Waals surface area contributed by atoms with Gasteiger partial charge in [0.25, 0.3) is 5.91 Å². The molecular formula is C12H17NO3S2. The zero-order valence-electron chi connectivity index (χ0n) is 10.4. The Kier molecular flexibility index (Phi) is 5.00. The van der Waals surface area contributed by atoms with Crippen LogP contribution >= 0.6 is 23.5 Å². The Morgan fingerprint density at radius 2 is 2.11 bits per heavy atom. The van der Waals surface area contributed by atoms with E-state index < -0.39 is 12.2 Å². The molecule has 0 N–H and O–H groups in total. The molecule has 1 atom stereocenters. The van der Waals surface area contributed by atoms with E-state index in [1.54, 1.807) is 6.92 Å². The molecule has 2 aliphatic rings. The maximum Gasteiger partial charge on any atom is 0.417 e. The number of hydrogen-bond donors (Lipinski definition) is 0. The molecule has 2 fully saturated rings. The third-order valence-corrected chi connectivity index (χ3v) is 5.38. The minimum Gasteiger partial charge on any atom is -0.436 e. The molecule has 18 heavy (non-hydrogen) atoms. The Hall–Kier alpha value is -0.620. The lowest BCUT2D eigenvalue weighted by Crippen LogP contribution is -2.31. The fraction of sp³-hybridized carbons (Fsp3) is 0.667. The third kappa shape index (κ3) is 3.45. The minimum atomic E-state index is -0.611. The van der Waals surface area contributed by atoms with Crippen LogP contribution in [0.2, 0.25) is 0 Å². The maximum atomic E-state index is 11.6. The van der Waals surface area contributed by atoms with Crippen molar-refractivity contribution in [3.63, 3.8) is 0 Å². The highest BCUT2D eigenvalue weighted by Gasteiger charge is 2.36. The van der Waals surface area contributed by atoms with Gasteiger partial charge in [0.05, 0.1) is 0 Å². The third-order valence-electron chi connectivity index (χ3n) is 2.79. The van der Waals surface area contributed by atoms with Crippen LogP contribution in [0.3, 0.4) is 0 Å². The smallest absolute Gasteiger partial charge is 0.417 e. The summed E-state index contributed by atoms with van der Waals surface area (Å²) in [5.41, 5.74) is 0. The first kappa shape index (κ1) is 13.8. The van der Waals surface area contributed by atoms with E-state index in [-0.39, 0.29) is 5.91 Å². The number of unbranched alkanes of at least 4 members (excludes halogenated alkanes) is 1. The summed E-state index contributed by atoms with van der Waals surface area (Å²) in [4.78, 5) is 24.1. The van der Waals surface area contributed by atoms with Crippen LogP contribution in [0, 0.1) is 0 Å². The number of carbonyl (C=O) groups excluding carboxylic acids is 2. The highest BCUT2D eigenvalue weighted by molar-refractivity contribution is 8.22. The van der Waals surface area contributed by atoms with Crippen LogP contribution < -0.4 is 0 Å². The summed E-state index contributed by atoms with van der Waals surface area (Å²) in [5.74, 6) is 2.19. The largest absolute Gasteiger partial charge is 0.436 e. The molecule has 2 saturated heterocycles. The van der Waals surface area contributed by atoms with Crippen LogP contribution in [-0.2, 0) is 9.53 Å². The number of cyclic esters (lactones) is 1. The van der Waals surface area contributed by atoms with Gasteiger partial charge in [-0.05, 0) is 37.7 Å². The van der Waals surface area contributed by atoms with Gasteiger partial charge in [-0.15, -0.1) is 23.5 Å². The molecule has 100 valence electrons. The van der Waals surface area contributed by atoms with Gasteiger partial charge in [0.1, 0.15) is 0 Å². The number of ether oxygens (including phenoxy) is 1. The summed E-state index contributed by atoms with van der Waals surface area (Å²) in [5, 5.41) is 0. The zero-order valence-corrected chi connectivity index (χ0v) is 12.0. The van der Waals surface area contributed by atoms with Crippen molar-refractivity contribution in [2.24, 2.45) is 0 Å². The average molecular weight is 287 g/mol. The molecule has 2 aliphatic heterocycles. The normalized spacial score (nSPS) is 24.4. The van der Waals surface area contributed by atoms with Gasteiger partial charge < -0.3 is 4.74 Å². The average Bonchev–Trinajstić information content (AvgIpc) is 2.61. The first-order valence-electron chi connectivity index (χ1n) is 6.16. The van der Waals surface area contributed by atoms with Crippen molar-refractivity contribution in [2.75, 3.05) is 18.1 Å². The topological polar surface area (TPSA) is 46.6 Å². The van der Waals surface area contributed by atoms with Crippen molar-refractivity contribution in [3.8, 4) is 0 Å². The van der Waals surface area contributed by atoms with Crippen molar-refractivity contribution in [2.45, 2.75) is 32.3 Å². The molecule has 0 unspecified atom stereocenters. The molecule has 2 heterocycles. The standard InChI is InChI=1S/C12H17NO3S2/c1-9-11(14)13(12(15)16-9)6-3-2-5-10-17-7-4-8-18-10/h5,9H,2-4,6-8H2,1H3/t9-/m0/s1. The molecule has 0 aromatic carbocycles. The van der Waals surface area contributed by atoms with E-state index in [0.29, 0.717) is 6.54 Å². The Bertz CT molecular complexity index is 362. The van der Waals surface area contributed by atoms with Crippen LogP contribution in [0.5, 0.6) is 0 Å². The predicted molar refractivity (Wildman–Crippen MR) is 74.5 cm³/mol. The quantitative estimate of drug-likeness (QED) is 0.744. The molecule has 0 bridgehead atoms. The second-order valence-corrected chi connectivity index (χ2v) is 6.76. The van der Waals surface area contributed by atoms with Crippen LogP contribution in [0.25, 0.3) is 0 Å². The van der Waals surface area contributed by atoms with Gasteiger partial charge in [-0.2, -0.15) is 0 Å². The van der Waals surface area contributed by atoms with E-state index in [2.05, 4.69) is 6.08 Å². The SMILES string of the molecule is C[C@@H]1OC(=O)N(CCCC=C2SCCCS2)C1=O. The highest BCUT2D eigenvalue weighted by atomic mass is 32.2. The summed E-state index contributed by atoms with van der Waals surface area (Å²) in [6.45, 7) is 2.07. The van der Waals surface area contributed by atoms with E-state index in [1.807, 2.05) is 23.5 Å². The van der Waals surface area contributed by atoms with Gasteiger partial charge in [-0.3, -0.25) is 4.79 Å². The summed E-state index contributed by atoms with van der Waals surface area (Å²) in [6, 6.07) is 0. The number of allylic oxidation sites excluding steroid dienone is 1. The lowest BCUT2D eigenvalue weighted by molar-refractivity contribution is -0.129. The number of thioether (sulfide) groups is 2. The van der Waals surface area contributed by atoms with E-state index in [9.17, 15) is 9.59 Å². The van der Waals surface area contributed by atoms with Crippen LogP contribution in [-0.4, -0.2) is 41.1 Å². The van der Waals surface area contributed by atoms with Gasteiger partial charge >= 0.3 is 6.09 Å². The lowest BCUT2D eigenvalue weighted by Gasteiger charge is -2.13. The number of hydrogen-bond acceptors (Lipinski definition) is 5. The predicted octanol–water partition coefficient (Wildman–Crippen LogP) is 2.85. The summed E-state index contributed by atoms with van der Waals surface area (Å²) < 4.78 is 6.23. The van der Waals surface area contributed by atoms with Crippen LogP contribution in [0.15, 0.2) is 10.3 Å². The Morgan fingerprint density at radius 1 is 1.39 bits per heavy atom. The van der Waals surface area contributed by atoms with Gasteiger partial charge in [0, 0.05) is 10.8 Å². The van der Waals surface area contributed by atoms with E-state index in [4.69, 9.17) is 4.74 Å². The Labute approximate surface area is 115 Å². The second kappa shape index (κ2) is 6.52. The molecule has 2 rings (SSSR count). The summed E-state index contributed by atoms with van der Waals surface area (Å²) >= 11 is 3.80. The molecular weight excluding hydrogens is 270 g/mol. The highest BCUT2D eigenvalue weighted by Crippen LogP contribution is 2.34. The molecule has 0 spiro atoms. The lowest BCUT2D eigenvalue weighted by atomic mass is 10.3. The van der Waals surface area contributed by atoms with Gasteiger partial charge in [0.2, 0.25) is 0 Å². The fourth-order valence-corrected chi connectivity index (χ4v) is 4.28. The first-order valence-corrected chi connectivity index (χ1v) is 8.13. The first-order chi connectivity index (χ1) is 8.68. The van der Waals surface area contributed by atoms with Crippen LogP contribution in [0.4, 0.5) is 4.79 Å². The van der Waals surface area contributed by atoms with E-state index >= 15 is 0 Å². The summed E-state index contributed by atoms with van der Waals surface area (Å²) in [7, 11) is 0. The number of amides is 2. The van der Waals surface area contributed by atoms with Crippen molar-refractivity contribution < 1.29 is 14.3 Å².